The summed E-state index contributed by atoms with van der Waals surface area (Å²) in [7, 11) is 0. The molecule has 0 aliphatic carbocycles. The van der Waals surface area contributed by atoms with Crippen molar-refractivity contribution in [2.24, 2.45) is 16.8 Å². The molecule has 3 N–H and O–H groups in total. The van der Waals surface area contributed by atoms with Crippen LogP contribution in [-0.2, 0) is 9.53 Å². The monoisotopic (exact) mass is 370 g/mol. The zero-order chi connectivity index (χ0) is 18.5. The van der Waals surface area contributed by atoms with Gasteiger partial charge in [-0.15, -0.1) is 0 Å². The summed E-state index contributed by atoms with van der Waals surface area (Å²) in [4.78, 5) is 12.6. The van der Waals surface area contributed by atoms with Crippen molar-refractivity contribution < 1.29 is 9.53 Å². The van der Waals surface area contributed by atoms with Crippen molar-refractivity contribution in [3.63, 3.8) is 0 Å². The third kappa shape index (κ3) is 3.97. The van der Waals surface area contributed by atoms with Crippen molar-refractivity contribution in [3.05, 3.63) is 71.6 Å². The number of hydrogen-bond donors (Lipinski definition) is 2. The fraction of sp³-hybridized carbons (Fsp3) is 0.158. The third-order valence-corrected chi connectivity index (χ3v) is 3.95. The quantitative estimate of drug-likeness (QED) is 0.843. The molecule has 7 heteroatoms. The molecule has 1 amide bonds. The van der Waals surface area contributed by atoms with Gasteiger partial charge in [0.1, 0.15) is 11.8 Å². The van der Waals surface area contributed by atoms with Gasteiger partial charge >= 0.3 is 0 Å². The van der Waals surface area contributed by atoms with Crippen LogP contribution in [0, 0.1) is 5.92 Å². The van der Waals surface area contributed by atoms with Crippen molar-refractivity contribution in [3.8, 4) is 0 Å². The minimum atomic E-state index is -0.740. The van der Waals surface area contributed by atoms with Crippen molar-refractivity contribution in [2.75, 3.05) is 16.9 Å². The van der Waals surface area contributed by atoms with E-state index in [2.05, 4.69) is 10.4 Å². The number of para-hydroxylation sites is 1. The van der Waals surface area contributed by atoms with Gasteiger partial charge in [-0.25, -0.2) is 0 Å². The Morgan fingerprint density at radius 3 is 2.73 bits per heavy atom. The number of nitrogens with one attached hydrogen (secondary N) is 1. The van der Waals surface area contributed by atoms with Crippen LogP contribution < -0.4 is 16.1 Å². The molecule has 134 valence electrons. The number of carbonyl (C=O) groups excluding carboxylic acids is 1. The van der Waals surface area contributed by atoms with Gasteiger partial charge in [0, 0.05) is 10.7 Å². The molecular weight excluding hydrogens is 352 g/mol. The van der Waals surface area contributed by atoms with Gasteiger partial charge in [-0.2, -0.15) is 10.1 Å². The molecule has 0 radical (unpaired) electrons. The molecule has 6 nitrogen and oxygen atoms in total. The fourth-order valence-electron chi connectivity index (χ4n) is 2.53. The summed E-state index contributed by atoms with van der Waals surface area (Å²) in [6, 6.07) is 16.4. The van der Waals surface area contributed by atoms with Crippen LogP contribution in [0.3, 0.4) is 0 Å². The highest BCUT2D eigenvalue weighted by atomic mass is 35.5. The number of anilines is 2. The second kappa shape index (κ2) is 7.93. The van der Waals surface area contributed by atoms with E-state index in [-0.39, 0.29) is 11.7 Å². The maximum Gasteiger partial charge on any atom is 0.239 e. The number of amides is 1. The number of benzene rings is 2. The fourth-order valence-corrected chi connectivity index (χ4v) is 2.72. The Bertz CT molecular complexity index is 852. The van der Waals surface area contributed by atoms with Gasteiger partial charge in [0.2, 0.25) is 11.8 Å². The molecule has 0 spiro atoms. The molecule has 0 saturated heterocycles. The van der Waals surface area contributed by atoms with E-state index in [0.717, 1.165) is 5.69 Å². The molecule has 0 saturated carbocycles. The summed E-state index contributed by atoms with van der Waals surface area (Å²) in [5.74, 6) is -0.412. The summed E-state index contributed by atoms with van der Waals surface area (Å²) in [5.41, 5.74) is 7.46. The van der Waals surface area contributed by atoms with Gasteiger partial charge in [0.05, 0.1) is 12.3 Å². The average Bonchev–Trinajstić information content (AvgIpc) is 2.63. The van der Waals surface area contributed by atoms with Crippen molar-refractivity contribution >= 4 is 34.7 Å². The van der Waals surface area contributed by atoms with Crippen molar-refractivity contribution in [1.29, 1.82) is 0 Å². The maximum atomic E-state index is 12.6. The zero-order valence-corrected chi connectivity index (χ0v) is 15.0. The Morgan fingerprint density at radius 1 is 1.27 bits per heavy atom. The SMILES string of the molecule is CCOC1=CC(C(=O)Nc2cccc(Cl)c2)C(N)=NN1c1ccccc1. The highest BCUT2D eigenvalue weighted by Crippen LogP contribution is 2.26. The molecular formula is C19H19ClN4O2. The van der Waals surface area contributed by atoms with Crippen LogP contribution in [0.15, 0.2) is 71.7 Å². The van der Waals surface area contributed by atoms with E-state index in [0.29, 0.717) is 23.2 Å². The number of hydrazone groups is 1. The summed E-state index contributed by atoms with van der Waals surface area (Å²) in [6.07, 6.45) is 1.67. The number of hydrogen-bond acceptors (Lipinski definition) is 5. The first kappa shape index (κ1) is 17.8. The largest absolute Gasteiger partial charge is 0.478 e. The minimum Gasteiger partial charge on any atom is -0.478 e. The Kier molecular flexibility index (Phi) is 5.43. The first-order valence-electron chi connectivity index (χ1n) is 8.18. The lowest BCUT2D eigenvalue weighted by Crippen LogP contribution is -2.40. The van der Waals surface area contributed by atoms with E-state index in [4.69, 9.17) is 22.1 Å². The van der Waals surface area contributed by atoms with E-state index < -0.39 is 5.92 Å². The molecule has 2 aromatic rings. The predicted octanol–water partition coefficient (Wildman–Crippen LogP) is 3.57. The molecule has 0 aromatic heterocycles. The van der Waals surface area contributed by atoms with Crippen LogP contribution in [0.5, 0.6) is 0 Å². The molecule has 1 aliphatic rings. The van der Waals surface area contributed by atoms with Gasteiger partial charge in [-0.3, -0.25) is 4.79 Å². The van der Waals surface area contributed by atoms with Crippen molar-refractivity contribution in [2.45, 2.75) is 6.92 Å². The zero-order valence-electron chi connectivity index (χ0n) is 14.2. The first-order chi connectivity index (χ1) is 12.6. The second-order valence-corrected chi connectivity index (χ2v) is 6.02. The smallest absolute Gasteiger partial charge is 0.239 e. The topological polar surface area (TPSA) is 79.9 Å². The third-order valence-electron chi connectivity index (χ3n) is 3.72. The van der Waals surface area contributed by atoms with Crippen LogP contribution in [0.25, 0.3) is 0 Å². The highest BCUT2D eigenvalue weighted by Gasteiger charge is 2.29. The van der Waals surface area contributed by atoms with Gasteiger partial charge in [-0.05, 0) is 43.3 Å². The standard InChI is InChI=1S/C19H19ClN4O2/c1-2-26-17-12-16(19(25)22-14-8-6-7-13(20)11-14)18(21)23-24(17)15-9-4-3-5-10-15/h3-12,16H,2H2,1H3,(H2,21,23)(H,22,25). The number of amidine groups is 1. The summed E-state index contributed by atoms with van der Waals surface area (Å²) >= 11 is 5.96. The average molecular weight is 371 g/mol. The molecule has 0 bridgehead atoms. The maximum absolute atomic E-state index is 12.6. The van der Waals surface area contributed by atoms with Crippen molar-refractivity contribution in [1.82, 2.24) is 0 Å². The summed E-state index contributed by atoms with van der Waals surface area (Å²) in [5, 5.41) is 9.28. The molecule has 3 rings (SSSR count). The molecule has 0 fully saturated rings. The van der Waals surface area contributed by atoms with Crippen LogP contribution >= 0.6 is 11.6 Å². The Balaban J connectivity index is 1.85. The van der Waals surface area contributed by atoms with Gasteiger partial charge in [-0.1, -0.05) is 35.9 Å². The number of nitrogens with zero attached hydrogens (tertiary/aromatic N) is 2. The van der Waals surface area contributed by atoms with Crippen LogP contribution in [0.4, 0.5) is 11.4 Å². The minimum absolute atomic E-state index is 0.178. The normalized spacial score (nSPS) is 16.5. The van der Waals surface area contributed by atoms with E-state index in [9.17, 15) is 4.79 Å². The summed E-state index contributed by atoms with van der Waals surface area (Å²) < 4.78 is 5.67. The summed E-state index contributed by atoms with van der Waals surface area (Å²) in [6.45, 7) is 2.31. The predicted molar refractivity (Wildman–Crippen MR) is 104 cm³/mol. The molecule has 1 unspecified atom stereocenters. The van der Waals surface area contributed by atoms with Crippen LogP contribution in [0.2, 0.25) is 5.02 Å². The molecule has 1 aliphatic heterocycles. The first-order valence-corrected chi connectivity index (χ1v) is 8.56. The number of nitrogens with two attached hydrogens (primary N) is 1. The van der Waals surface area contributed by atoms with E-state index >= 15 is 0 Å². The van der Waals surface area contributed by atoms with Gasteiger partial charge in [0.25, 0.3) is 0 Å². The number of carbonyl (C=O) groups is 1. The van der Waals surface area contributed by atoms with E-state index in [1.165, 1.54) is 0 Å². The van der Waals surface area contributed by atoms with E-state index in [1.54, 1.807) is 35.4 Å². The van der Waals surface area contributed by atoms with E-state index in [1.807, 2.05) is 37.3 Å². The van der Waals surface area contributed by atoms with Gasteiger partial charge < -0.3 is 15.8 Å². The molecule has 1 atom stereocenters. The lowest BCUT2D eigenvalue weighted by atomic mass is 10.1. The Labute approximate surface area is 156 Å². The number of halogens is 1. The highest BCUT2D eigenvalue weighted by molar-refractivity contribution is 6.31. The Hall–Kier alpha value is -2.99. The number of ether oxygens (including phenoxy) is 1. The van der Waals surface area contributed by atoms with Crippen LogP contribution in [-0.4, -0.2) is 18.3 Å². The Morgan fingerprint density at radius 2 is 2.04 bits per heavy atom. The lowest BCUT2D eigenvalue weighted by molar-refractivity contribution is -0.117. The second-order valence-electron chi connectivity index (χ2n) is 5.59. The number of rotatable bonds is 5. The molecule has 1 heterocycles. The lowest BCUT2D eigenvalue weighted by Gasteiger charge is -2.28. The molecule has 2 aromatic carbocycles. The molecule has 26 heavy (non-hydrogen) atoms. The van der Waals surface area contributed by atoms with Gasteiger partial charge in [0.15, 0.2) is 0 Å². The van der Waals surface area contributed by atoms with Crippen LogP contribution in [0.1, 0.15) is 6.92 Å².